The Morgan fingerprint density at radius 2 is 1.97 bits per heavy atom. The summed E-state index contributed by atoms with van der Waals surface area (Å²) in [4.78, 5) is 22.5. The van der Waals surface area contributed by atoms with Gasteiger partial charge in [-0.2, -0.15) is 5.10 Å². The number of fused-ring (bicyclic) bond motifs is 2. The zero-order valence-electron chi connectivity index (χ0n) is 20.4. The minimum Gasteiger partial charge on any atom is -0.383 e. The molecular formula is C27H32N6O. The van der Waals surface area contributed by atoms with Crippen LogP contribution in [0.1, 0.15) is 75.9 Å². The number of unbranched alkanes of at least 4 members (excludes halogenated alkanes) is 1. The molecule has 4 aromatic rings. The first kappa shape index (κ1) is 23.5. The molecule has 0 amide bonds. The second-order valence-corrected chi connectivity index (χ2v) is 8.67. The summed E-state index contributed by atoms with van der Waals surface area (Å²) in [6.07, 6.45) is 6.15. The van der Waals surface area contributed by atoms with E-state index in [-0.39, 0.29) is 11.6 Å². The molecule has 3 aromatic heterocycles. The van der Waals surface area contributed by atoms with E-state index in [1.54, 1.807) is 4.68 Å². The predicted octanol–water partition coefficient (Wildman–Crippen LogP) is 4.98. The number of aryl methyl sites for hydroxylation is 1. The van der Waals surface area contributed by atoms with Crippen molar-refractivity contribution in [2.75, 3.05) is 5.73 Å². The number of hydrogen-bond acceptors (Lipinski definition) is 5. The summed E-state index contributed by atoms with van der Waals surface area (Å²) in [7, 11) is 0. The Bertz CT molecular complexity index is 1450. The van der Waals surface area contributed by atoms with Crippen LogP contribution in [0.15, 0.2) is 35.4 Å². The van der Waals surface area contributed by atoms with Gasteiger partial charge in [-0.15, -0.1) is 0 Å². The van der Waals surface area contributed by atoms with Crippen molar-refractivity contribution in [1.82, 2.24) is 24.3 Å². The standard InChI is InChI=1S/C27H32N6O/c1-5-8-13-20(7-3)33-21(15-19-12-10-11-18(4)23(19)27(33)34)16-32-26-24(25(28)29-17-30-26)22(31-32)14-9-6-2/h10-12,15,17,20H,5-8,13,16H2,1-4H3,(H2,28,29,30). The summed E-state index contributed by atoms with van der Waals surface area (Å²) < 4.78 is 3.78. The van der Waals surface area contributed by atoms with Crippen molar-refractivity contribution in [1.29, 1.82) is 0 Å². The van der Waals surface area contributed by atoms with Crippen molar-refractivity contribution in [3.05, 3.63) is 57.9 Å². The van der Waals surface area contributed by atoms with E-state index in [1.165, 1.54) is 6.33 Å². The number of hydrogen-bond donors (Lipinski definition) is 1. The minimum absolute atomic E-state index is 0.0603. The van der Waals surface area contributed by atoms with Crippen molar-refractivity contribution in [2.45, 2.75) is 72.4 Å². The normalized spacial score (nSPS) is 12.1. The fourth-order valence-corrected chi connectivity index (χ4v) is 4.63. The van der Waals surface area contributed by atoms with Crippen molar-refractivity contribution >= 4 is 27.6 Å². The third-order valence-corrected chi connectivity index (χ3v) is 6.35. The van der Waals surface area contributed by atoms with Gasteiger partial charge in [0.2, 0.25) is 0 Å². The lowest BCUT2D eigenvalue weighted by Gasteiger charge is -2.23. The Hall–Kier alpha value is -3.66. The monoisotopic (exact) mass is 456 g/mol. The molecule has 1 aromatic carbocycles. The van der Waals surface area contributed by atoms with E-state index in [9.17, 15) is 4.79 Å². The van der Waals surface area contributed by atoms with E-state index in [4.69, 9.17) is 10.8 Å². The van der Waals surface area contributed by atoms with E-state index < -0.39 is 0 Å². The molecule has 4 rings (SSSR count). The summed E-state index contributed by atoms with van der Waals surface area (Å²) in [5, 5.41) is 7.13. The molecule has 34 heavy (non-hydrogen) atoms. The highest BCUT2D eigenvalue weighted by Gasteiger charge is 2.20. The Morgan fingerprint density at radius 3 is 2.71 bits per heavy atom. The first-order valence-corrected chi connectivity index (χ1v) is 12.1. The second-order valence-electron chi connectivity index (χ2n) is 8.67. The van der Waals surface area contributed by atoms with Gasteiger partial charge in [-0.05, 0) is 42.7 Å². The quantitative estimate of drug-likeness (QED) is 0.396. The first-order chi connectivity index (χ1) is 16.5. The third-order valence-electron chi connectivity index (χ3n) is 6.35. The summed E-state index contributed by atoms with van der Waals surface area (Å²) >= 11 is 0. The van der Waals surface area contributed by atoms with Crippen LogP contribution in [-0.4, -0.2) is 24.3 Å². The average Bonchev–Trinajstić information content (AvgIpc) is 3.18. The van der Waals surface area contributed by atoms with Crippen LogP contribution in [0.3, 0.4) is 0 Å². The number of nitrogens with zero attached hydrogens (tertiary/aromatic N) is 5. The highest BCUT2D eigenvalue weighted by molar-refractivity contribution is 5.90. The van der Waals surface area contributed by atoms with E-state index in [0.29, 0.717) is 35.5 Å². The molecule has 7 nitrogen and oxygen atoms in total. The lowest BCUT2D eigenvalue weighted by molar-refractivity contribution is 0.410. The average molecular weight is 457 g/mol. The van der Waals surface area contributed by atoms with Crippen LogP contribution in [0.2, 0.25) is 0 Å². The molecule has 1 atom stereocenters. The van der Waals surface area contributed by atoms with Crippen LogP contribution in [0, 0.1) is 18.8 Å². The van der Waals surface area contributed by atoms with Gasteiger partial charge in [-0.25, -0.2) is 14.6 Å². The molecule has 0 spiro atoms. The summed E-state index contributed by atoms with van der Waals surface area (Å²) in [5.41, 5.74) is 9.33. The van der Waals surface area contributed by atoms with Gasteiger partial charge in [0.05, 0.1) is 17.3 Å². The molecule has 0 radical (unpaired) electrons. The number of rotatable bonds is 7. The molecule has 0 bridgehead atoms. The molecule has 0 fully saturated rings. The molecule has 0 aliphatic heterocycles. The van der Waals surface area contributed by atoms with Gasteiger partial charge in [0.25, 0.3) is 5.56 Å². The van der Waals surface area contributed by atoms with Gasteiger partial charge < -0.3 is 10.3 Å². The lowest BCUT2D eigenvalue weighted by atomic mass is 10.0. The Balaban J connectivity index is 1.95. The number of pyridine rings is 1. The highest BCUT2D eigenvalue weighted by atomic mass is 16.1. The van der Waals surface area contributed by atoms with E-state index >= 15 is 0 Å². The van der Waals surface area contributed by atoms with Gasteiger partial charge in [0.15, 0.2) is 5.65 Å². The van der Waals surface area contributed by atoms with Gasteiger partial charge in [-0.1, -0.05) is 57.7 Å². The number of nitrogens with two attached hydrogens (primary N) is 1. The van der Waals surface area contributed by atoms with Gasteiger partial charge >= 0.3 is 0 Å². The van der Waals surface area contributed by atoms with Crippen LogP contribution in [-0.2, 0) is 6.54 Å². The van der Waals surface area contributed by atoms with Crippen molar-refractivity contribution in [2.24, 2.45) is 0 Å². The van der Waals surface area contributed by atoms with Crippen molar-refractivity contribution in [3.63, 3.8) is 0 Å². The van der Waals surface area contributed by atoms with Crippen LogP contribution < -0.4 is 11.3 Å². The molecule has 176 valence electrons. The van der Waals surface area contributed by atoms with Gasteiger partial charge in [-0.3, -0.25) is 4.79 Å². The fourth-order valence-electron chi connectivity index (χ4n) is 4.63. The topological polar surface area (TPSA) is 91.6 Å². The van der Waals surface area contributed by atoms with Gasteiger partial charge in [0, 0.05) is 18.2 Å². The van der Waals surface area contributed by atoms with Crippen LogP contribution in [0.25, 0.3) is 21.8 Å². The van der Waals surface area contributed by atoms with Gasteiger partial charge in [0.1, 0.15) is 17.8 Å². The Kier molecular flexibility index (Phi) is 6.97. The van der Waals surface area contributed by atoms with Crippen LogP contribution in [0.4, 0.5) is 5.82 Å². The van der Waals surface area contributed by atoms with E-state index in [1.807, 2.05) is 36.6 Å². The number of benzene rings is 1. The minimum atomic E-state index is 0.0603. The van der Waals surface area contributed by atoms with E-state index in [2.05, 4.69) is 41.7 Å². The second kappa shape index (κ2) is 10.1. The lowest BCUT2D eigenvalue weighted by Crippen LogP contribution is -2.29. The summed E-state index contributed by atoms with van der Waals surface area (Å²) in [5.74, 6) is 6.53. The highest BCUT2D eigenvalue weighted by Crippen LogP contribution is 2.26. The maximum absolute atomic E-state index is 13.9. The molecule has 2 N–H and O–H groups in total. The Labute approximate surface area is 200 Å². The molecule has 7 heteroatoms. The molecular weight excluding hydrogens is 424 g/mol. The summed E-state index contributed by atoms with van der Waals surface area (Å²) in [6.45, 7) is 8.71. The predicted molar refractivity (Wildman–Crippen MR) is 138 cm³/mol. The molecule has 0 aliphatic rings. The van der Waals surface area contributed by atoms with Crippen molar-refractivity contribution in [3.8, 4) is 11.8 Å². The van der Waals surface area contributed by atoms with E-state index in [0.717, 1.165) is 47.7 Å². The largest absolute Gasteiger partial charge is 0.383 e. The number of anilines is 1. The SMILES string of the molecule is CCC#Cc1nn(Cc2cc3cccc(C)c3c(=O)n2C(CC)CCCC)c2ncnc(N)c12. The van der Waals surface area contributed by atoms with Crippen molar-refractivity contribution < 1.29 is 0 Å². The fraction of sp³-hybridized carbons (Fsp3) is 0.407. The first-order valence-electron chi connectivity index (χ1n) is 12.1. The molecule has 3 heterocycles. The molecule has 0 saturated carbocycles. The molecule has 0 aliphatic carbocycles. The summed E-state index contributed by atoms with van der Waals surface area (Å²) in [6, 6.07) is 8.24. The van der Waals surface area contributed by atoms with Crippen LogP contribution >= 0.6 is 0 Å². The zero-order chi connectivity index (χ0) is 24.2. The smallest absolute Gasteiger partial charge is 0.259 e. The molecule has 0 saturated heterocycles. The number of nitrogen functional groups attached to an aromatic ring is 1. The number of aromatic nitrogens is 5. The third kappa shape index (κ3) is 4.28. The molecule has 1 unspecified atom stereocenters. The zero-order valence-corrected chi connectivity index (χ0v) is 20.4. The Morgan fingerprint density at radius 1 is 1.15 bits per heavy atom. The van der Waals surface area contributed by atoms with Crippen LogP contribution in [0.5, 0.6) is 0 Å². The maximum atomic E-state index is 13.9. The maximum Gasteiger partial charge on any atom is 0.259 e.